The number of carbonyl (C=O) groups excluding carboxylic acids is 2. The summed E-state index contributed by atoms with van der Waals surface area (Å²) in [6.07, 6.45) is 2.71. The summed E-state index contributed by atoms with van der Waals surface area (Å²) in [5, 5.41) is 0. The minimum absolute atomic E-state index is 0.0857. The van der Waals surface area contributed by atoms with Crippen molar-refractivity contribution in [2.75, 3.05) is 0 Å². The van der Waals surface area contributed by atoms with E-state index in [0.29, 0.717) is 0 Å². The number of allylic oxidation sites excluding steroid dienone is 1. The summed E-state index contributed by atoms with van der Waals surface area (Å²) >= 11 is 0. The third-order valence-electron chi connectivity index (χ3n) is 3.99. The van der Waals surface area contributed by atoms with Gasteiger partial charge in [-0.15, -0.1) is 0 Å². The van der Waals surface area contributed by atoms with E-state index in [1.54, 1.807) is 0 Å². The lowest BCUT2D eigenvalue weighted by Gasteiger charge is -2.21. The Morgan fingerprint density at radius 3 is 2.78 bits per heavy atom. The Kier molecular flexibility index (Phi) is 2.37. The number of amides is 2. The number of benzene rings is 1. The van der Waals surface area contributed by atoms with Crippen LogP contribution in [0.3, 0.4) is 0 Å². The van der Waals surface area contributed by atoms with E-state index in [-0.39, 0.29) is 23.8 Å². The Balaban J connectivity index is 2.16. The standard InChI is InChI=1S/C15H15NO2/c1-3-11-13-8-10-6-4-5-7-12(10)14(13)16(9(2)17)15(11)18/h3-7,13-14H,8H2,1-2H3/b11-3-. The molecule has 3 nitrogen and oxygen atoms in total. The highest BCUT2D eigenvalue weighted by molar-refractivity contribution is 6.07. The molecule has 2 atom stereocenters. The van der Waals surface area contributed by atoms with E-state index in [9.17, 15) is 9.59 Å². The van der Waals surface area contributed by atoms with E-state index >= 15 is 0 Å². The predicted octanol–water partition coefficient (Wildman–Crippen LogP) is 2.24. The fraction of sp³-hybridized carbons (Fsp3) is 0.333. The van der Waals surface area contributed by atoms with E-state index in [2.05, 4.69) is 6.07 Å². The lowest BCUT2D eigenvalue weighted by Crippen LogP contribution is -2.32. The number of carbonyl (C=O) groups is 2. The molecule has 0 aromatic heterocycles. The van der Waals surface area contributed by atoms with Crippen LogP contribution >= 0.6 is 0 Å². The molecule has 2 unspecified atom stereocenters. The largest absolute Gasteiger partial charge is 0.275 e. The Morgan fingerprint density at radius 1 is 1.39 bits per heavy atom. The molecule has 0 N–H and O–H groups in total. The van der Waals surface area contributed by atoms with Crippen molar-refractivity contribution in [3.8, 4) is 0 Å². The van der Waals surface area contributed by atoms with E-state index in [1.807, 2.05) is 31.2 Å². The van der Waals surface area contributed by atoms with Crippen molar-refractivity contribution < 1.29 is 9.59 Å². The topological polar surface area (TPSA) is 37.4 Å². The van der Waals surface area contributed by atoms with Gasteiger partial charge in [0.05, 0.1) is 6.04 Å². The minimum Gasteiger partial charge on any atom is -0.275 e. The Morgan fingerprint density at radius 2 is 2.11 bits per heavy atom. The molecule has 1 aromatic carbocycles. The lowest BCUT2D eigenvalue weighted by molar-refractivity contribution is -0.141. The highest BCUT2D eigenvalue weighted by atomic mass is 16.2. The average Bonchev–Trinajstić information content (AvgIpc) is 2.82. The van der Waals surface area contributed by atoms with Crippen LogP contribution in [0.15, 0.2) is 35.9 Å². The Hall–Kier alpha value is -1.90. The maximum Gasteiger partial charge on any atom is 0.257 e. The monoisotopic (exact) mass is 241 g/mol. The molecule has 1 saturated heterocycles. The van der Waals surface area contributed by atoms with Crippen LogP contribution in [-0.4, -0.2) is 16.7 Å². The van der Waals surface area contributed by atoms with Gasteiger partial charge in [0.1, 0.15) is 0 Å². The fourth-order valence-corrected chi connectivity index (χ4v) is 3.27. The summed E-state index contributed by atoms with van der Waals surface area (Å²) in [5.74, 6) is -0.137. The van der Waals surface area contributed by atoms with E-state index in [1.165, 1.54) is 17.4 Å². The van der Waals surface area contributed by atoms with Gasteiger partial charge >= 0.3 is 0 Å². The molecule has 3 rings (SSSR count). The van der Waals surface area contributed by atoms with Gasteiger partial charge in [-0.25, -0.2) is 0 Å². The van der Waals surface area contributed by atoms with Gasteiger partial charge < -0.3 is 0 Å². The molecular weight excluding hydrogens is 226 g/mol. The van der Waals surface area contributed by atoms with Gasteiger partial charge in [0.15, 0.2) is 0 Å². The van der Waals surface area contributed by atoms with Crippen molar-refractivity contribution in [2.45, 2.75) is 26.3 Å². The summed E-state index contributed by atoms with van der Waals surface area (Å²) in [7, 11) is 0. The highest BCUT2D eigenvalue weighted by Gasteiger charge is 2.50. The van der Waals surface area contributed by atoms with Crippen molar-refractivity contribution in [1.82, 2.24) is 4.90 Å². The smallest absolute Gasteiger partial charge is 0.257 e. The van der Waals surface area contributed by atoms with Gasteiger partial charge in [-0.3, -0.25) is 14.5 Å². The van der Waals surface area contributed by atoms with Gasteiger partial charge in [0, 0.05) is 18.4 Å². The minimum atomic E-state index is -0.163. The second-order valence-corrected chi connectivity index (χ2v) is 4.89. The summed E-state index contributed by atoms with van der Waals surface area (Å²) in [5.41, 5.74) is 3.17. The molecule has 2 amide bonds. The van der Waals surface area contributed by atoms with Crippen LogP contribution in [0.4, 0.5) is 0 Å². The maximum absolute atomic E-state index is 12.2. The van der Waals surface area contributed by atoms with Crippen LogP contribution in [-0.2, 0) is 16.0 Å². The molecule has 0 saturated carbocycles. The molecule has 0 radical (unpaired) electrons. The Bertz CT molecular complexity index is 574. The van der Waals surface area contributed by atoms with Gasteiger partial charge in [-0.05, 0) is 24.5 Å². The number of rotatable bonds is 0. The molecule has 92 valence electrons. The van der Waals surface area contributed by atoms with Gasteiger partial charge in [0.25, 0.3) is 5.91 Å². The first-order valence-electron chi connectivity index (χ1n) is 6.23. The summed E-state index contributed by atoms with van der Waals surface area (Å²) in [6.45, 7) is 3.34. The molecule has 1 fully saturated rings. The van der Waals surface area contributed by atoms with Crippen LogP contribution in [0.1, 0.15) is 31.0 Å². The molecule has 3 heteroatoms. The van der Waals surface area contributed by atoms with E-state index in [0.717, 1.165) is 17.6 Å². The molecule has 2 aliphatic rings. The second kappa shape index (κ2) is 3.80. The maximum atomic E-state index is 12.2. The third-order valence-corrected chi connectivity index (χ3v) is 3.99. The van der Waals surface area contributed by atoms with Crippen molar-refractivity contribution >= 4 is 11.8 Å². The SMILES string of the molecule is C/C=C1\C(=O)N(C(C)=O)C2c3ccccc3CC12. The van der Waals surface area contributed by atoms with Gasteiger partial charge in [0.2, 0.25) is 5.91 Å². The molecule has 1 aliphatic carbocycles. The second-order valence-electron chi connectivity index (χ2n) is 4.89. The molecule has 1 aromatic rings. The van der Waals surface area contributed by atoms with Crippen molar-refractivity contribution in [3.05, 3.63) is 47.0 Å². The first-order chi connectivity index (χ1) is 8.65. The molecule has 0 spiro atoms. The molecular formula is C15H15NO2. The number of likely N-dealkylation sites (tertiary alicyclic amines) is 1. The quantitative estimate of drug-likeness (QED) is 0.653. The summed E-state index contributed by atoms with van der Waals surface area (Å²) in [4.78, 5) is 25.4. The molecule has 18 heavy (non-hydrogen) atoms. The van der Waals surface area contributed by atoms with Crippen molar-refractivity contribution in [2.24, 2.45) is 5.92 Å². The zero-order valence-corrected chi connectivity index (χ0v) is 10.5. The number of hydrogen-bond acceptors (Lipinski definition) is 2. The number of imide groups is 1. The van der Waals surface area contributed by atoms with Crippen LogP contribution in [0, 0.1) is 5.92 Å². The molecule has 1 aliphatic heterocycles. The summed E-state index contributed by atoms with van der Waals surface area (Å²) in [6, 6.07) is 8.01. The van der Waals surface area contributed by atoms with Crippen LogP contribution < -0.4 is 0 Å². The van der Waals surface area contributed by atoms with Crippen LogP contribution in [0.2, 0.25) is 0 Å². The zero-order chi connectivity index (χ0) is 12.9. The number of fused-ring (bicyclic) bond motifs is 3. The van der Waals surface area contributed by atoms with E-state index in [4.69, 9.17) is 0 Å². The zero-order valence-electron chi connectivity index (χ0n) is 10.5. The highest BCUT2D eigenvalue weighted by Crippen LogP contribution is 2.49. The summed E-state index contributed by atoms with van der Waals surface area (Å²) < 4.78 is 0. The normalized spacial score (nSPS) is 27.6. The number of hydrogen-bond donors (Lipinski definition) is 0. The van der Waals surface area contributed by atoms with Crippen molar-refractivity contribution in [3.63, 3.8) is 0 Å². The predicted molar refractivity (Wildman–Crippen MR) is 67.7 cm³/mol. The fourth-order valence-electron chi connectivity index (χ4n) is 3.27. The van der Waals surface area contributed by atoms with Gasteiger partial charge in [-0.1, -0.05) is 30.3 Å². The van der Waals surface area contributed by atoms with Crippen LogP contribution in [0.5, 0.6) is 0 Å². The van der Waals surface area contributed by atoms with E-state index < -0.39 is 0 Å². The Labute approximate surface area is 106 Å². The number of nitrogens with zero attached hydrogens (tertiary/aromatic N) is 1. The first kappa shape index (κ1) is 11.2. The average molecular weight is 241 g/mol. The lowest BCUT2D eigenvalue weighted by atomic mass is 9.96. The molecule has 1 heterocycles. The first-order valence-corrected chi connectivity index (χ1v) is 6.23. The van der Waals surface area contributed by atoms with Crippen molar-refractivity contribution in [1.29, 1.82) is 0 Å². The molecule has 0 bridgehead atoms. The third kappa shape index (κ3) is 1.30. The van der Waals surface area contributed by atoms with Crippen LogP contribution in [0.25, 0.3) is 0 Å². The van der Waals surface area contributed by atoms with Gasteiger partial charge in [-0.2, -0.15) is 0 Å².